The van der Waals surface area contributed by atoms with E-state index >= 15 is 0 Å². The molecule has 0 amide bonds. The topological polar surface area (TPSA) is 41.1 Å². The van der Waals surface area contributed by atoms with Gasteiger partial charge in [0.1, 0.15) is 18.0 Å². The van der Waals surface area contributed by atoms with Gasteiger partial charge in [-0.25, -0.2) is 9.97 Å². The highest BCUT2D eigenvalue weighted by Crippen LogP contribution is 2.33. The van der Waals surface area contributed by atoms with E-state index in [9.17, 15) is 0 Å². The zero-order valence-electron chi connectivity index (χ0n) is 13.1. The Labute approximate surface area is 126 Å². The second kappa shape index (κ2) is 6.66. The maximum absolute atomic E-state index is 4.57. The van der Waals surface area contributed by atoms with Crippen LogP contribution in [0.15, 0.2) is 6.33 Å². The number of anilines is 2. The third-order valence-corrected chi connectivity index (χ3v) is 5.13. The lowest BCUT2D eigenvalue weighted by Gasteiger charge is -2.25. The lowest BCUT2D eigenvalue weighted by atomic mass is 10.1. The highest BCUT2D eigenvalue weighted by molar-refractivity contribution is 8.00. The molecule has 112 valence electrons. The van der Waals surface area contributed by atoms with E-state index in [1.807, 2.05) is 0 Å². The van der Waals surface area contributed by atoms with Crippen LogP contribution in [0.25, 0.3) is 0 Å². The molecule has 1 aliphatic heterocycles. The number of hydrogen-bond donors (Lipinski definition) is 1. The van der Waals surface area contributed by atoms with E-state index in [4.69, 9.17) is 0 Å². The molecule has 1 saturated heterocycles. The highest BCUT2D eigenvalue weighted by Gasteiger charge is 2.25. The Morgan fingerprint density at radius 3 is 2.80 bits per heavy atom. The minimum atomic E-state index is 0.374. The Kier molecular flexibility index (Phi) is 5.13. The van der Waals surface area contributed by atoms with E-state index in [2.05, 4.69) is 59.6 Å². The summed E-state index contributed by atoms with van der Waals surface area (Å²) in [5.74, 6) is 3.28. The first-order valence-corrected chi connectivity index (χ1v) is 8.52. The molecule has 5 heteroatoms. The van der Waals surface area contributed by atoms with E-state index in [1.165, 1.54) is 12.0 Å². The van der Waals surface area contributed by atoms with Crippen LogP contribution in [0.3, 0.4) is 0 Å². The first kappa shape index (κ1) is 15.4. The van der Waals surface area contributed by atoms with Gasteiger partial charge in [0.2, 0.25) is 0 Å². The van der Waals surface area contributed by atoms with Gasteiger partial charge in [-0.15, -0.1) is 0 Å². The Balaban J connectivity index is 2.25. The fourth-order valence-electron chi connectivity index (χ4n) is 2.55. The van der Waals surface area contributed by atoms with Crippen LogP contribution in [0, 0.1) is 0 Å². The fourth-order valence-corrected chi connectivity index (χ4v) is 3.65. The first-order chi connectivity index (χ1) is 9.57. The average Bonchev–Trinajstić information content (AvgIpc) is 2.60. The van der Waals surface area contributed by atoms with Gasteiger partial charge in [0.05, 0.1) is 0 Å². The van der Waals surface area contributed by atoms with E-state index in [0.717, 1.165) is 43.4 Å². The third kappa shape index (κ3) is 3.57. The molecular formula is C15H26N4S. The highest BCUT2D eigenvalue weighted by atomic mass is 32.2. The van der Waals surface area contributed by atoms with Crippen LogP contribution < -0.4 is 10.2 Å². The second-order valence-electron chi connectivity index (χ2n) is 5.75. The minimum absolute atomic E-state index is 0.374. The summed E-state index contributed by atoms with van der Waals surface area (Å²) in [4.78, 5) is 11.4. The molecule has 0 unspecified atom stereocenters. The molecule has 0 aliphatic carbocycles. The largest absolute Gasteiger partial charge is 0.370 e. The summed E-state index contributed by atoms with van der Waals surface area (Å²) in [5.41, 5.74) is 1.25. The van der Waals surface area contributed by atoms with Gasteiger partial charge in [-0.1, -0.05) is 20.8 Å². The van der Waals surface area contributed by atoms with Gasteiger partial charge in [-0.2, -0.15) is 11.8 Å². The van der Waals surface area contributed by atoms with Crippen molar-refractivity contribution < 1.29 is 0 Å². The normalized spacial score (nSPS) is 18.7. The van der Waals surface area contributed by atoms with Gasteiger partial charge in [-0.3, -0.25) is 0 Å². The summed E-state index contributed by atoms with van der Waals surface area (Å²) in [6.07, 6.45) is 3.85. The average molecular weight is 294 g/mol. The monoisotopic (exact) mass is 294 g/mol. The Morgan fingerprint density at radius 1 is 1.30 bits per heavy atom. The number of rotatable bonds is 4. The van der Waals surface area contributed by atoms with Gasteiger partial charge in [0.15, 0.2) is 0 Å². The molecule has 1 aromatic rings. The lowest BCUT2D eigenvalue weighted by molar-refractivity contribution is 0.633. The fraction of sp³-hybridized carbons (Fsp3) is 0.733. The van der Waals surface area contributed by atoms with Crippen molar-refractivity contribution in [1.82, 2.24) is 9.97 Å². The van der Waals surface area contributed by atoms with Crippen molar-refractivity contribution in [2.45, 2.75) is 45.3 Å². The van der Waals surface area contributed by atoms with Crippen LogP contribution in [0.1, 0.15) is 39.7 Å². The van der Waals surface area contributed by atoms with Crippen molar-refractivity contribution in [2.75, 3.05) is 35.6 Å². The van der Waals surface area contributed by atoms with Crippen molar-refractivity contribution in [2.24, 2.45) is 0 Å². The first-order valence-electron chi connectivity index (χ1n) is 7.54. The smallest absolute Gasteiger partial charge is 0.137 e. The quantitative estimate of drug-likeness (QED) is 0.923. The molecule has 0 bridgehead atoms. The van der Waals surface area contributed by atoms with Gasteiger partial charge in [0.25, 0.3) is 0 Å². The molecule has 20 heavy (non-hydrogen) atoms. The van der Waals surface area contributed by atoms with Gasteiger partial charge >= 0.3 is 0 Å². The molecule has 0 saturated carbocycles. The SMILES string of the molecule is CCNc1ncnc(N2CCSC(C)(C)CC2)c1CC. The van der Waals surface area contributed by atoms with Crippen molar-refractivity contribution in [1.29, 1.82) is 0 Å². The Bertz CT molecular complexity index is 447. The molecule has 1 fully saturated rings. The maximum Gasteiger partial charge on any atom is 0.137 e. The van der Waals surface area contributed by atoms with Crippen LogP contribution in [0.5, 0.6) is 0 Å². The Morgan fingerprint density at radius 2 is 2.10 bits per heavy atom. The number of aromatic nitrogens is 2. The van der Waals surface area contributed by atoms with Crippen LogP contribution in [-0.2, 0) is 6.42 Å². The number of thioether (sulfide) groups is 1. The van der Waals surface area contributed by atoms with Gasteiger partial charge in [-0.05, 0) is 19.8 Å². The summed E-state index contributed by atoms with van der Waals surface area (Å²) < 4.78 is 0.374. The molecule has 1 aromatic heterocycles. The third-order valence-electron chi connectivity index (χ3n) is 3.76. The van der Waals surface area contributed by atoms with Gasteiger partial charge < -0.3 is 10.2 Å². The summed E-state index contributed by atoms with van der Waals surface area (Å²) in [6, 6.07) is 0. The summed E-state index contributed by atoms with van der Waals surface area (Å²) in [5, 5.41) is 3.36. The molecule has 2 rings (SSSR count). The van der Waals surface area contributed by atoms with Crippen LogP contribution in [0.2, 0.25) is 0 Å². The molecule has 0 atom stereocenters. The maximum atomic E-state index is 4.57. The zero-order valence-corrected chi connectivity index (χ0v) is 13.9. The van der Waals surface area contributed by atoms with Crippen molar-refractivity contribution in [3.63, 3.8) is 0 Å². The number of nitrogens with one attached hydrogen (secondary N) is 1. The summed E-state index contributed by atoms with van der Waals surface area (Å²) in [6.45, 7) is 12.0. The Hall–Kier alpha value is -0.970. The lowest BCUT2D eigenvalue weighted by Crippen LogP contribution is -2.29. The molecule has 0 aromatic carbocycles. The van der Waals surface area contributed by atoms with E-state index in [1.54, 1.807) is 6.33 Å². The predicted molar refractivity (Wildman–Crippen MR) is 88.9 cm³/mol. The van der Waals surface area contributed by atoms with Crippen molar-refractivity contribution in [3.8, 4) is 0 Å². The number of nitrogens with zero attached hydrogens (tertiary/aromatic N) is 3. The molecule has 1 aliphatic rings. The number of hydrogen-bond acceptors (Lipinski definition) is 5. The van der Waals surface area contributed by atoms with Crippen LogP contribution >= 0.6 is 11.8 Å². The van der Waals surface area contributed by atoms with E-state index < -0.39 is 0 Å². The van der Waals surface area contributed by atoms with Crippen LogP contribution in [0.4, 0.5) is 11.6 Å². The standard InChI is InChI=1S/C15H26N4S/c1-5-12-13(16-6-2)17-11-18-14(12)19-8-7-15(3,4)20-10-9-19/h11H,5-10H2,1-4H3,(H,16,17,18). The molecule has 0 spiro atoms. The predicted octanol–water partition coefficient (Wildman–Crippen LogP) is 3.19. The molecule has 4 nitrogen and oxygen atoms in total. The minimum Gasteiger partial charge on any atom is -0.370 e. The van der Waals surface area contributed by atoms with Crippen molar-refractivity contribution >= 4 is 23.4 Å². The molecule has 0 radical (unpaired) electrons. The zero-order chi connectivity index (χ0) is 14.6. The van der Waals surface area contributed by atoms with Crippen molar-refractivity contribution in [3.05, 3.63) is 11.9 Å². The van der Waals surface area contributed by atoms with Crippen LogP contribution in [-0.4, -0.2) is 40.1 Å². The summed E-state index contributed by atoms with van der Waals surface area (Å²) >= 11 is 2.07. The molecular weight excluding hydrogens is 268 g/mol. The second-order valence-corrected chi connectivity index (χ2v) is 7.56. The van der Waals surface area contributed by atoms with E-state index in [-0.39, 0.29) is 0 Å². The molecule has 2 heterocycles. The molecule has 1 N–H and O–H groups in total. The summed E-state index contributed by atoms with van der Waals surface area (Å²) in [7, 11) is 0. The van der Waals surface area contributed by atoms with Gasteiger partial charge in [0, 0.05) is 35.7 Å². The van der Waals surface area contributed by atoms with E-state index in [0.29, 0.717) is 4.75 Å².